The van der Waals surface area contributed by atoms with E-state index in [0.29, 0.717) is 0 Å². The van der Waals surface area contributed by atoms with E-state index in [2.05, 4.69) is 35.9 Å². The maximum atomic E-state index is 4.05. The maximum absolute atomic E-state index is 4.05. The lowest BCUT2D eigenvalue weighted by Crippen LogP contribution is -2.38. The molecule has 0 aliphatic carbocycles. The summed E-state index contributed by atoms with van der Waals surface area (Å²) in [6, 6.07) is 4.20. The van der Waals surface area contributed by atoms with E-state index in [1.807, 2.05) is 12.4 Å². The normalized spacial score (nSPS) is 27.7. The van der Waals surface area contributed by atoms with Crippen molar-refractivity contribution >= 4 is 5.69 Å². The van der Waals surface area contributed by atoms with Gasteiger partial charge in [0.1, 0.15) is 0 Å². The Balaban J connectivity index is 2.11. The molecule has 1 aliphatic heterocycles. The zero-order chi connectivity index (χ0) is 9.97. The van der Waals surface area contributed by atoms with Gasteiger partial charge in [-0.2, -0.15) is 0 Å². The van der Waals surface area contributed by atoms with Crippen molar-refractivity contribution in [1.29, 1.82) is 0 Å². The fourth-order valence-corrected chi connectivity index (χ4v) is 2.43. The monoisotopic (exact) mass is 190 g/mol. The molecule has 1 saturated heterocycles. The Morgan fingerprint density at radius 2 is 1.71 bits per heavy atom. The first kappa shape index (κ1) is 9.50. The summed E-state index contributed by atoms with van der Waals surface area (Å²) in [7, 11) is 0. The summed E-state index contributed by atoms with van der Waals surface area (Å²) in [6.45, 7) is 7.05. The second-order valence-corrected chi connectivity index (χ2v) is 4.56. The molecular weight excluding hydrogens is 172 g/mol. The third kappa shape index (κ3) is 2.06. The van der Waals surface area contributed by atoms with Crippen molar-refractivity contribution < 1.29 is 0 Å². The minimum absolute atomic E-state index is 0.812. The fraction of sp³-hybridized carbons (Fsp3) is 0.583. The molecule has 2 nitrogen and oxygen atoms in total. The first-order chi connectivity index (χ1) is 6.75. The molecular formula is C12H18N2. The van der Waals surface area contributed by atoms with E-state index in [-0.39, 0.29) is 0 Å². The third-order valence-electron chi connectivity index (χ3n) is 2.90. The predicted octanol–water partition coefficient (Wildman–Crippen LogP) is 2.56. The van der Waals surface area contributed by atoms with E-state index in [1.54, 1.807) is 0 Å². The van der Waals surface area contributed by atoms with Gasteiger partial charge in [-0.25, -0.2) is 0 Å². The Kier molecular flexibility index (Phi) is 2.71. The van der Waals surface area contributed by atoms with Gasteiger partial charge < -0.3 is 4.90 Å². The number of hydrogen-bond acceptors (Lipinski definition) is 2. The van der Waals surface area contributed by atoms with Crippen molar-refractivity contribution in [2.24, 2.45) is 11.8 Å². The van der Waals surface area contributed by atoms with Crippen LogP contribution in [0.3, 0.4) is 0 Å². The molecule has 2 heteroatoms. The van der Waals surface area contributed by atoms with E-state index in [4.69, 9.17) is 0 Å². The highest BCUT2D eigenvalue weighted by Gasteiger charge is 2.21. The molecule has 1 fully saturated rings. The van der Waals surface area contributed by atoms with Crippen LogP contribution in [0.25, 0.3) is 0 Å². The maximum Gasteiger partial charge on any atom is 0.0397 e. The molecule has 1 aliphatic rings. The lowest BCUT2D eigenvalue weighted by atomic mass is 9.91. The van der Waals surface area contributed by atoms with Crippen molar-refractivity contribution in [2.45, 2.75) is 20.3 Å². The van der Waals surface area contributed by atoms with Gasteiger partial charge in [-0.3, -0.25) is 4.98 Å². The SMILES string of the molecule is CC1CC(C)CN(c2ccncc2)C1. The topological polar surface area (TPSA) is 16.1 Å². The van der Waals surface area contributed by atoms with Crippen molar-refractivity contribution in [3.8, 4) is 0 Å². The summed E-state index contributed by atoms with van der Waals surface area (Å²) in [5.74, 6) is 1.62. The average molecular weight is 190 g/mol. The molecule has 0 bridgehead atoms. The summed E-state index contributed by atoms with van der Waals surface area (Å²) in [5, 5.41) is 0. The number of piperidine rings is 1. The Labute approximate surface area is 86.0 Å². The molecule has 2 unspecified atom stereocenters. The lowest BCUT2D eigenvalue weighted by Gasteiger charge is -2.36. The first-order valence-corrected chi connectivity index (χ1v) is 5.40. The highest BCUT2D eigenvalue weighted by Crippen LogP contribution is 2.25. The molecule has 0 amide bonds. The molecule has 0 aromatic carbocycles. The van der Waals surface area contributed by atoms with E-state index in [1.165, 1.54) is 25.2 Å². The highest BCUT2D eigenvalue weighted by atomic mass is 15.1. The minimum atomic E-state index is 0.812. The number of hydrogen-bond donors (Lipinski definition) is 0. The van der Waals surface area contributed by atoms with Gasteiger partial charge in [0.05, 0.1) is 0 Å². The van der Waals surface area contributed by atoms with Crippen molar-refractivity contribution in [3.05, 3.63) is 24.5 Å². The molecule has 0 radical (unpaired) electrons. The van der Waals surface area contributed by atoms with E-state index < -0.39 is 0 Å². The average Bonchev–Trinajstić information content (AvgIpc) is 2.18. The largest absolute Gasteiger partial charge is 0.371 e. The standard InChI is InChI=1S/C12H18N2/c1-10-7-11(2)9-14(8-10)12-3-5-13-6-4-12/h3-6,10-11H,7-9H2,1-2H3. The van der Waals surface area contributed by atoms with Gasteiger partial charge in [0.15, 0.2) is 0 Å². The summed E-state index contributed by atoms with van der Waals surface area (Å²) in [4.78, 5) is 6.52. The van der Waals surface area contributed by atoms with Gasteiger partial charge in [0.25, 0.3) is 0 Å². The van der Waals surface area contributed by atoms with Crippen LogP contribution >= 0.6 is 0 Å². The number of anilines is 1. The summed E-state index contributed by atoms with van der Waals surface area (Å²) >= 11 is 0. The second kappa shape index (κ2) is 3.99. The molecule has 14 heavy (non-hydrogen) atoms. The van der Waals surface area contributed by atoms with Crippen LogP contribution in [0.15, 0.2) is 24.5 Å². The van der Waals surface area contributed by atoms with Crippen LogP contribution in [0.4, 0.5) is 5.69 Å². The number of aromatic nitrogens is 1. The van der Waals surface area contributed by atoms with E-state index in [0.717, 1.165) is 11.8 Å². The zero-order valence-corrected chi connectivity index (χ0v) is 8.98. The Hall–Kier alpha value is -1.05. The molecule has 2 rings (SSSR count). The summed E-state index contributed by atoms with van der Waals surface area (Å²) < 4.78 is 0. The smallest absolute Gasteiger partial charge is 0.0397 e. The summed E-state index contributed by atoms with van der Waals surface area (Å²) in [5.41, 5.74) is 1.32. The molecule has 1 aromatic rings. The number of nitrogens with zero attached hydrogens (tertiary/aromatic N) is 2. The molecule has 2 heterocycles. The van der Waals surface area contributed by atoms with Crippen LogP contribution in [-0.2, 0) is 0 Å². The van der Waals surface area contributed by atoms with Crippen LogP contribution in [0.1, 0.15) is 20.3 Å². The Bertz CT molecular complexity index is 274. The van der Waals surface area contributed by atoms with Gasteiger partial charge in [-0.1, -0.05) is 13.8 Å². The first-order valence-electron chi connectivity index (χ1n) is 5.40. The van der Waals surface area contributed by atoms with E-state index >= 15 is 0 Å². The van der Waals surface area contributed by atoms with Gasteiger partial charge in [0.2, 0.25) is 0 Å². The molecule has 1 aromatic heterocycles. The van der Waals surface area contributed by atoms with Gasteiger partial charge in [-0.15, -0.1) is 0 Å². The Morgan fingerprint density at radius 3 is 2.29 bits per heavy atom. The van der Waals surface area contributed by atoms with Crippen molar-refractivity contribution in [3.63, 3.8) is 0 Å². The molecule has 0 N–H and O–H groups in total. The van der Waals surface area contributed by atoms with E-state index in [9.17, 15) is 0 Å². The molecule has 0 saturated carbocycles. The van der Waals surface area contributed by atoms with Crippen molar-refractivity contribution in [1.82, 2.24) is 4.98 Å². The lowest BCUT2D eigenvalue weighted by molar-refractivity contribution is 0.357. The highest BCUT2D eigenvalue weighted by molar-refractivity contribution is 5.45. The Morgan fingerprint density at radius 1 is 1.14 bits per heavy atom. The number of pyridine rings is 1. The molecule has 0 spiro atoms. The van der Waals surface area contributed by atoms with Gasteiger partial charge >= 0.3 is 0 Å². The van der Waals surface area contributed by atoms with Crippen LogP contribution in [0.2, 0.25) is 0 Å². The van der Waals surface area contributed by atoms with Crippen LogP contribution in [0, 0.1) is 11.8 Å². The number of rotatable bonds is 1. The van der Waals surface area contributed by atoms with Crippen LogP contribution in [0.5, 0.6) is 0 Å². The molecule has 2 atom stereocenters. The summed E-state index contributed by atoms with van der Waals surface area (Å²) in [6.07, 6.45) is 5.11. The minimum Gasteiger partial charge on any atom is -0.371 e. The molecule has 76 valence electrons. The van der Waals surface area contributed by atoms with Gasteiger partial charge in [-0.05, 0) is 30.4 Å². The quantitative estimate of drug-likeness (QED) is 0.676. The fourth-order valence-electron chi connectivity index (χ4n) is 2.43. The third-order valence-corrected chi connectivity index (χ3v) is 2.90. The predicted molar refractivity (Wildman–Crippen MR) is 59.4 cm³/mol. The van der Waals surface area contributed by atoms with Crippen LogP contribution < -0.4 is 4.90 Å². The zero-order valence-electron chi connectivity index (χ0n) is 8.98. The second-order valence-electron chi connectivity index (χ2n) is 4.56. The van der Waals surface area contributed by atoms with Gasteiger partial charge in [0, 0.05) is 31.2 Å². The van der Waals surface area contributed by atoms with Crippen molar-refractivity contribution in [2.75, 3.05) is 18.0 Å². The van der Waals surface area contributed by atoms with Crippen LogP contribution in [-0.4, -0.2) is 18.1 Å².